The van der Waals surface area contributed by atoms with Crippen LogP contribution in [0.4, 0.5) is 13.2 Å². The van der Waals surface area contributed by atoms with Crippen molar-refractivity contribution in [2.75, 3.05) is 6.54 Å². The molecule has 0 saturated carbocycles. The van der Waals surface area contributed by atoms with E-state index in [-0.39, 0.29) is 24.2 Å². The van der Waals surface area contributed by atoms with Gasteiger partial charge in [-0.25, -0.2) is 4.68 Å². The molecule has 1 N–H and O–H groups in total. The Morgan fingerprint density at radius 2 is 1.96 bits per heavy atom. The summed E-state index contributed by atoms with van der Waals surface area (Å²) >= 11 is 0. The van der Waals surface area contributed by atoms with Gasteiger partial charge in [0.25, 0.3) is 11.5 Å². The van der Waals surface area contributed by atoms with E-state index in [9.17, 15) is 22.8 Å². The van der Waals surface area contributed by atoms with Gasteiger partial charge in [0.05, 0.1) is 18.4 Å². The lowest BCUT2D eigenvalue weighted by Crippen LogP contribution is -2.32. The van der Waals surface area contributed by atoms with Crippen LogP contribution in [0, 0.1) is 0 Å². The summed E-state index contributed by atoms with van der Waals surface area (Å²) in [7, 11) is 0. The Labute approximate surface area is 151 Å². The Kier molecular flexibility index (Phi) is 5.11. The molecule has 27 heavy (non-hydrogen) atoms. The van der Waals surface area contributed by atoms with Crippen LogP contribution < -0.4 is 10.9 Å². The van der Waals surface area contributed by atoms with Crippen molar-refractivity contribution in [2.24, 2.45) is 0 Å². The molecule has 0 atom stereocenters. The molecule has 9 heteroatoms. The number of halogens is 3. The molecule has 0 spiro atoms. The van der Waals surface area contributed by atoms with Crippen molar-refractivity contribution in [1.82, 2.24) is 15.1 Å². The molecule has 1 amide bonds. The van der Waals surface area contributed by atoms with E-state index in [1.165, 1.54) is 24.5 Å². The molecule has 6 nitrogen and oxygen atoms in total. The number of nitrogens with one attached hydrogen (secondary N) is 1. The average Bonchev–Trinajstić information content (AvgIpc) is 3.17. The van der Waals surface area contributed by atoms with Crippen molar-refractivity contribution in [3.05, 3.63) is 76.3 Å². The zero-order valence-electron chi connectivity index (χ0n) is 13.9. The van der Waals surface area contributed by atoms with Crippen LogP contribution in [0.3, 0.4) is 0 Å². The Hall–Kier alpha value is -3.36. The number of furan rings is 1. The number of rotatable bonds is 5. The van der Waals surface area contributed by atoms with Crippen molar-refractivity contribution in [2.45, 2.75) is 12.7 Å². The molecule has 2 aromatic heterocycles. The minimum absolute atomic E-state index is 0.0175. The molecular formula is C18H14F3N3O3. The minimum atomic E-state index is -4.53. The summed E-state index contributed by atoms with van der Waals surface area (Å²) in [5, 5.41) is 6.62. The third-order valence-electron chi connectivity index (χ3n) is 3.70. The summed E-state index contributed by atoms with van der Waals surface area (Å²) in [4.78, 5) is 23.9. The van der Waals surface area contributed by atoms with Crippen molar-refractivity contribution < 1.29 is 22.4 Å². The van der Waals surface area contributed by atoms with Gasteiger partial charge >= 0.3 is 6.18 Å². The van der Waals surface area contributed by atoms with E-state index in [0.717, 1.165) is 22.9 Å². The predicted molar refractivity (Wildman–Crippen MR) is 90.0 cm³/mol. The SMILES string of the molecule is O=C(NCCn1nc(-c2ccco2)ccc1=O)c1cccc(C(F)(F)F)c1. The van der Waals surface area contributed by atoms with Crippen LogP contribution in [0.25, 0.3) is 11.5 Å². The highest BCUT2D eigenvalue weighted by Crippen LogP contribution is 2.29. The summed E-state index contributed by atoms with van der Waals surface area (Å²) in [6.45, 7) is 0.0711. The highest BCUT2D eigenvalue weighted by atomic mass is 19.4. The number of alkyl halides is 3. The topological polar surface area (TPSA) is 77.1 Å². The summed E-state index contributed by atoms with van der Waals surface area (Å²) in [5.74, 6) is -0.187. The summed E-state index contributed by atoms with van der Waals surface area (Å²) < 4.78 is 44.5. The summed E-state index contributed by atoms with van der Waals surface area (Å²) in [6.07, 6.45) is -3.05. The van der Waals surface area contributed by atoms with Gasteiger partial charge in [-0.15, -0.1) is 0 Å². The molecule has 3 aromatic rings. The molecule has 0 fully saturated rings. The first-order valence-electron chi connectivity index (χ1n) is 7.92. The monoisotopic (exact) mass is 377 g/mol. The molecule has 0 aliphatic heterocycles. The molecule has 0 aliphatic rings. The van der Waals surface area contributed by atoms with Crippen LogP contribution in [-0.4, -0.2) is 22.2 Å². The van der Waals surface area contributed by atoms with Gasteiger partial charge in [0.15, 0.2) is 5.76 Å². The molecule has 0 bridgehead atoms. The number of amides is 1. The third-order valence-corrected chi connectivity index (χ3v) is 3.70. The maximum atomic E-state index is 12.7. The second-order valence-electron chi connectivity index (χ2n) is 5.59. The Balaban J connectivity index is 1.66. The molecule has 2 heterocycles. The van der Waals surface area contributed by atoms with Gasteiger partial charge in [-0.3, -0.25) is 9.59 Å². The highest BCUT2D eigenvalue weighted by molar-refractivity contribution is 5.94. The van der Waals surface area contributed by atoms with Crippen LogP contribution in [0.1, 0.15) is 15.9 Å². The van der Waals surface area contributed by atoms with E-state index < -0.39 is 17.6 Å². The summed E-state index contributed by atoms with van der Waals surface area (Å²) in [6, 6.07) is 10.3. The first kappa shape index (κ1) is 18.4. The van der Waals surface area contributed by atoms with E-state index in [0.29, 0.717) is 11.5 Å². The normalized spacial score (nSPS) is 11.4. The van der Waals surface area contributed by atoms with Crippen molar-refractivity contribution in [1.29, 1.82) is 0 Å². The Bertz CT molecular complexity index is 995. The lowest BCUT2D eigenvalue weighted by atomic mass is 10.1. The zero-order valence-corrected chi connectivity index (χ0v) is 13.9. The second-order valence-corrected chi connectivity index (χ2v) is 5.59. The number of hydrogen-bond acceptors (Lipinski definition) is 4. The molecule has 0 aliphatic carbocycles. The van der Waals surface area contributed by atoms with Crippen LogP contribution >= 0.6 is 0 Å². The highest BCUT2D eigenvalue weighted by Gasteiger charge is 2.30. The van der Waals surface area contributed by atoms with Crippen LogP contribution in [0.15, 0.2) is 64.0 Å². The maximum Gasteiger partial charge on any atom is 0.416 e. The molecular weight excluding hydrogens is 363 g/mol. The number of aromatic nitrogens is 2. The fourth-order valence-corrected chi connectivity index (χ4v) is 2.38. The van der Waals surface area contributed by atoms with Gasteiger partial charge in [-0.2, -0.15) is 18.3 Å². The first-order valence-corrected chi connectivity index (χ1v) is 7.92. The van der Waals surface area contributed by atoms with Gasteiger partial charge in [0.2, 0.25) is 0 Å². The summed E-state index contributed by atoms with van der Waals surface area (Å²) in [5.41, 5.74) is -0.948. The number of carbonyl (C=O) groups excluding carboxylic acids is 1. The first-order chi connectivity index (χ1) is 12.8. The van der Waals surface area contributed by atoms with Crippen LogP contribution in [0.5, 0.6) is 0 Å². The number of carbonyl (C=O) groups is 1. The third kappa shape index (κ3) is 4.43. The standard InChI is InChI=1S/C18H14F3N3O3/c19-18(20,21)13-4-1-3-12(11-13)17(26)22-8-9-24-16(25)7-6-14(23-24)15-5-2-10-27-15/h1-7,10-11H,8-9H2,(H,22,26). The lowest BCUT2D eigenvalue weighted by molar-refractivity contribution is -0.137. The molecule has 0 saturated heterocycles. The minimum Gasteiger partial charge on any atom is -0.463 e. The molecule has 1 aromatic carbocycles. The number of hydrogen-bond donors (Lipinski definition) is 1. The quantitative estimate of drug-likeness (QED) is 0.742. The van der Waals surface area contributed by atoms with E-state index in [1.807, 2.05) is 0 Å². The Morgan fingerprint density at radius 1 is 1.15 bits per heavy atom. The van der Waals surface area contributed by atoms with Crippen molar-refractivity contribution >= 4 is 5.91 Å². The van der Waals surface area contributed by atoms with E-state index in [2.05, 4.69) is 10.4 Å². The van der Waals surface area contributed by atoms with E-state index in [1.54, 1.807) is 12.1 Å². The second kappa shape index (κ2) is 7.48. The molecule has 3 rings (SSSR count). The van der Waals surface area contributed by atoms with E-state index >= 15 is 0 Å². The maximum absolute atomic E-state index is 12.7. The molecule has 0 radical (unpaired) electrons. The number of benzene rings is 1. The van der Waals surface area contributed by atoms with E-state index in [4.69, 9.17) is 4.42 Å². The molecule has 140 valence electrons. The fourth-order valence-electron chi connectivity index (χ4n) is 2.38. The van der Waals surface area contributed by atoms with Gasteiger partial charge in [0.1, 0.15) is 5.69 Å². The lowest BCUT2D eigenvalue weighted by Gasteiger charge is -2.10. The van der Waals surface area contributed by atoms with Crippen LogP contribution in [-0.2, 0) is 12.7 Å². The average molecular weight is 377 g/mol. The zero-order chi connectivity index (χ0) is 19.4. The number of nitrogens with zero attached hydrogens (tertiary/aromatic N) is 2. The smallest absolute Gasteiger partial charge is 0.416 e. The molecule has 0 unspecified atom stereocenters. The van der Waals surface area contributed by atoms with Crippen LogP contribution in [0.2, 0.25) is 0 Å². The van der Waals surface area contributed by atoms with Crippen molar-refractivity contribution in [3.8, 4) is 11.5 Å². The van der Waals surface area contributed by atoms with Crippen molar-refractivity contribution in [3.63, 3.8) is 0 Å². The Morgan fingerprint density at radius 3 is 2.67 bits per heavy atom. The van der Waals surface area contributed by atoms with Gasteiger partial charge < -0.3 is 9.73 Å². The largest absolute Gasteiger partial charge is 0.463 e. The fraction of sp³-hybridized carbons (Fsp3) is 0.167. The predicted octanol–water partition coefficient (Wildman–Crippen LogP) is 2.95. The van der Waals surface area contributed by atoms with Gasteiger partial charge in [-0.05, 0) is 36.4 Å². The van der Waals surface area contributed by atoms with Gasteiger partial charge in [-0.1, -0.05) is 6.07 Å². The van der Waals surface area contributed by atoms with Gasteiger partial charge in [0, 0.05) is 18.2 Å².